The van der Waals surface area contributed by atoms with Crippen LogP contribution >= 0.6 is 23.8 Å². The zero-order chi connectivity index (χ0) is 21.5. The highest BCUT2D eigenvalue weighted by molar-refractivity contribution is 7.71. The summed E-state index contributed by atoms with van der Waals surface area (Å²) < 4.78 is 8.96. The summed E-state index contributed by atoms with van der Waals surface area (Å²) in [5.74, 6) is 1.11. The van der Waals surface area contributed by atoms with E-state index in [0.29, 0.717) is 40.1 Å². The van der Waals surface area contributed by atoms with E-state index < -0.39 is 0 Å². The van der Waals surface area contributed by atoms with Gasteiger partial charge in [-0.05, 0) is 42.5 Å². The minimum Gasteiger partial charge on any atom is -0.497 e. The van der Waals surface area contributed by atoms with Crippen LogP contribution in [0.5, 0.6) is 5.75 Å². The molecule has 156 valence electrons. The molecule has 30 heavy (non-hydrogen) atoms. The van der Waals surface area contributed by atoms with Gasteiger partial charge in [-0.3, -0.25) is 9.36 Å². The van der Waals surface area contributed by atoms with Crippen LogP contribution in [0.3, 0.4) is 0 Å². The van der Waals surface area contributed by atoms with Crippen molar-refractivity contribution in [3.63, 3.8) is 0 Å². The van der Waals surface area contributed by atoms with Gasteiger partial charge in [-0.2, -0.15) is 5.10 Å². The Morgan fingerprint density at radius 1 is 1.27 bits per heavy atom. The number of rotatable bonds is 9. The van der Waals surface area contributed by atoms with Gasteiger partial charge in [0, 0.05) is 29.0 Å². The Bertz CT molecular complexity index is 1110. The van der Waals surface area contributed by atoms with Crippen LogP contribution in [0.15, 0.2) is 61.2 Å². The highest BCUT2D eigenvalue weighted by Crippen LogP contribution is 2.17. The van der Waals surface area contributed by atoms with Crippen LogP contribution in [-0.4, -0.2) is 27.4 Å². The van der Waals surface area contributed by atoms with Crippen molar-refractivity contribution >= 4 is 41.1 Å². The number of halogens is 1. The van der Waals surface area contributed by atoms with Crippen LogP contribution in [0, 0.1) is 4.77 Å². The minimum absolute atomic E-state index is 0.00957. The number of anilines is 2. The molecule has 3 rings (SSSR count). The van der Waals surface area contributed by atoms with E-state index in [4.69, 9.17) is 28.6 Å². The summed E-state index contributed by atoms with van der Waals surface area (Å²) in [6.45, 7) is 4.68. The zero-order valence-electron chi connectivity index (χ0n) is 16.5. The number of carbonyl (C=O) groups excluding carboxylic acids is 1. The van der Waals surface area contributed by atoms with Gasteiger partial charge in [0.1, 0.15) is 12.3 Å². The number of methoxy groups -OCH3 is 1. The first-order valence-corrected chi connectivity index (χ1v) is 9.99. The summed E-state index contributed by atoms with van der Waals surface area (Å²) in [5, 5.41) is 11.3. The van der Waals surface area contributed by atoms with E-state index in [1.54, 1.807) is 31.4 Å². The van der Waals surface area contributed by atoms with E-state index in [1.165, 1.54) is 4.68 Å². The molecule has 0 aliphatic rings. The fourth-order valence-corrected chi connectivity index (χ4v) is 3.32. The summed E-state index contributed by atoms with van der Waals surface area (Å²) >= 11 is 11.6. The lowest BCUT2D eigenvalue weighted by Gasteiger charge is -2.07. The van der Waals surface area contributed by atoms with E-state index >= 15 is 0 Å². The molecule has 7 nitrogen and oxygen atoms in total. The van der Waals surface area contributed by atoms with Gasteiger partial charge in [-0.1, -0.05) is 29.8 Å². The van der Waals surface area contributed by atoms with E-state index in [-0.39, 0.29) is 12.5 Å². The van der Waals surface area contributed by atoms with E-state index in [0.717, 1.165) is 5.69 Å². The van der Waals surface area contributed by atoms with E-state index in [9.17, 15) is 4.79 Å². The number of nitrogens with zero attached hydrogens (tertiary/aromatic N) is 3. The molecule has 0 unspecified atom stereocenters. The summed E-state index contributed by atoms with van der Waals surface area (Å²) in [7, 11) is 1.57. The van der Waals surface area contributed by atoms with Crippen molar-refractivity contribution < 1.29 is 9.53 Å². The van der Waals surface area contributed by atoms with Crippen molar-refractivity contribution in [2.24, 2.45) is 0 Å². The number of carbonyl (C=O) groups is 1. The standard InChI is InChI=1S/C21H22ClN5O2S/c1-3-10-26-19(13-23-16-7-4-6-15(22)11-16)25-27(21(26)30)14-20(28)24-17-8-5-9-18(12-17)29-2/h3-9,11-12,23H,1,10,13-14H2,2H3,(H,24,28). The normalized spacial score (nSPS) is 10.5. The van der Waals surface area contributed by atoms with Crippen LogP contribution in [0.25, 0.3) is 0 Å². The average Bonchev–Trinajstić information content (AvgIpc) is 3.01. The highest BCUT2D eigenvalue weighted by Gasteiger charge is 2.13. The lowest BCUT2D eigenvalue weighted by molar-refractivity contribution is -0.116. The summed E-state index contributed by atoms with van der Waals surface area (Å²) in [6.07, 6.45) is 1.74. The molecule has 1 aromatic heterocycles. The Hall–Kier alpha value is -3.10. The Kier molecular flexibility index (Phi) is 7.26. The smallest absolute Gasteiger partial charge is 0.246 e. The maximum Gasteiger partial charge on any atom is 0.246 e. The van der Waals surface area contributed by atoms with Crippen LogP contribution in [0.1, 0.15) is 5.82 Å². The Labute approximate surface area is 184 Å². The maximum absolute atomic E-state index is 12.5. The van der Waals surface area contributed by atoms with Gasteiger partial charge in [-0.15, -0.1) is 6.58 Å². The topological polar surface area (TPSA) is 73.1 Å². The van der Waals surface area contributed by atoms with Gasteiger partial charge in [0.05, 0.1) is 13.7 Å². The van der Waals surface area contributed by atoms with Gasteiger partial charge >= 0.3 is 0 Å². The molecule has 9 heteroatoms. The first kappa shape index (κ1) is 21.6. The Morgan fingerprint density at radius 3 is 2.77 bits per heavy atom. The summed E-state index contributed by atoms with van der Waals surface area (Å²) in [5.41, 5.74) is 1.50. The predicted molar refractivity (Wildman–Crippen MR) is 122 cm³/mol. The van der Waals surface area contributed by atoms with Crippen molar-refractivity contribution in [3.05, 3.63) is 76.8 Å². The summed E-state index contributed by atoms with van der Waals surface area (Å²) in [4.78, 5) is 12.5. The van der Waals surface area contributed by atoms with Crippen LogP contribution in [0.2, 0.25) is 5.02 Å². The zero-order valence-corrected chi connectivity index (χ0v) is 18.0. The molecule has 3 aromatic rings. The molecule has 0 saturated heterocycles. The SMILES string of the molecule is C=CCn1c(CNc2cccc(Cl)c2)nn(CC(=O)Nc2cccc(OC)c2)c1=S. The van der Waals surface area contributed by atoms with Gasteiger partial charge in [0.15, 0.2) is 10.6 Å². The van der Waals surface area contributed by atoms with Gasteiger partial charge in [-0.25, -0.2) is 4.68 Å². The van der Waals surface area contributed by atoms with Gasteiger partial charge in [0.25, 0.3) is 0 Å². The van der Waals surface area contributed by atoms with Gasteiger partial charge < -0.3 is 15.4 Å². The number of benzene rings is 2. The predicted octanol–water partition coefficient (Wildman–Crippen LogP) is 4.51. The molecule has 0 bridgehead atoms. The van der Waals surface area contributed by atoms with E-state index in [2.05, 4.69) is 22.3 Å². The number of aromatic nitrogens is 3. The first-order chi connectivity index (χ1) is 14.5. The minimum atomic E-state index is -0.239. The molecule has 0 radical (unpaired) electrons. The molecular weight excluding hydrogens is 422 g/mol. The monoisotopic (exact) mass is 443 g/mol. The molecule has 1 heterocycles. The second-order valence-corrected chi connectivity index (χ2v) is 7.20. The molecule has 2 N–H and O–H groups in total. The third kappa shape index (κ3) is 5.49. The number of allylic oxidation sites excluding steroid dienone is 1. The van der Waals surface area contributed by atoms with E-state index in [1.807, 2.05) is 34.9 Å². The Morgan fingerprint density at radius 2 is 2.03 bits per heavy atom. The number of hydrogen-bond donors (Lipinski definition) is 2. The average molecular weight is 444 g/mol. The molecule has 1 amide bonds. The third-order valence-corrected chi connectivity index (χ3v) is 4.90. The van der Waals surface area contributed by atoms with Crippen molar-refractivity contribution in [1.82, 2.24) is 14.3 Å². The molecule has 0 saturated carbocycles. The molecular formula is C21H22ClN5O2S. The molecule has 0 atom stereocenters. The number of nitrogens with one attached hydrogen (secondary N) is 2. The van der Waals surface area contributed by atoms with Gasteiger partial charge in [0.2, 0.25) is 5.91 Å². The van der Waals surface area contributed by atoms with Crippen LogP contribution in [-0.2, 0) is 24.4 Å². The van der Waals surface area contributed by atoms with Crippen LogP contribution < -0.4 is 15.4 Å². The van der Waals surface area contributed by atoms with Crippen molar-refractivity contribution in [3.8, 4) is 5.75 Å². The number of hydrogen-bond acceptors (Lipinski definition) is 5. The fraction of sp³-hybridized carbons (Fsp3) is 0.190. The molecule has 0 aliphatic heterocycles. The van der Waals surface area contributed by atoms with Crippen LogP contribution in [0.4, 0.5) is 11.4 Å². The van der Waals surface area contributed by atoms with Crippen molar-refractivity contribution in [2.45, 2.75) is 19.6 Å². The second kappa shape index (κ2) is 10.1. The first-order valence-electron chi connectivity index (χ1n) is 9.21. The van der Waals surface area contributed by atoms with Crippen molar-refractivity contribution in [2.75, 3.05) is 17.7 Å². The maximum atomic E-state index is 12.5. The molecule has 2 aromatic carbocycles. The Balaban J connectivity index is 1.74. The number of amides is 1. The largest absolute Gasteiger partial charge is 0.497 e. The van der Waals surface area contributed by atoms with Crippen molar-refractivity contribution in [1.29, 1.82) is 0 Å². The summed E-state index contributed by atoms with van der Waals surface area (Å²) in [6, 6.07) is 14.6. The lowest BCUT2D eigenvalue weighted by Crippen LogP contribution is -2.20. The lowest BCUT2D eigenvalue weighted by atomic mass is 10.3. The molecule has 0 spiro atoms. The number of ether oxygens (including phenoxy) is 1. The fourth-order valence-electron chi connectivity index (χ4n) is 2.85. The molecule has 0 fully saturated rings. The highest BCUT2D eigenvalue weighted by atomic mass is 35.5. The second-order valence-electron chi connectivity index (χ2n) is 6.40. The third-order valence-electron chi connectivity index (χ3n) is 4.23. The quantitative estimate of drug-likeness (QED) is 0.376. The molecule has 0 aliphatic carbocycles.